The fraction of sp³-hybridized carbons (Fsp3) is 0.125. The number of carbonyl (C=O) groups excluding carboxylic acids is 3. The monoisotopic (exact) mass is 436 g/mol. The number of ether oxygens (including phenoxy) is 1. The van der Waals surface area contributed by atoms with Crippen LogP contribution in [0.15, 0.2) is 66.7 Å². The van der Waals surface area contributed by atoms with Gasteiger partial charge < -0.3 is 15.4 Å². The summed E-state index contributed by atoms with van der Waals surface area (Å²) in [4.78, 5) is 37.1. The van der Waals surface area contributed by atoms with Crippen LogP contribution in [0.2, 0.25) is 5.02 Å². The van der Waals surface area contributed by atoms with Gasteiger partial charge in [-0.1, -0.05) is 23.7 Å². The van der Waals surface area contributed by atoms with E-state index in [0.717, 1.165) is 0 Å². The molecule has 0 fully saturated rings. The van der Waals surface area contributed by atoms with Crippen LogP contribution in [-0.2, 0) is 11.2 Å². The van der Waals surface area contributed by atoms with Gasteiger partial charge in [-0.2, -0.15) is 0 Å². The number of Topliss-reactive ketones (excluding diaryl/α,β-unsaturated/α-hetero) is 1. The van der Waals surface area contributed by atoms with E-state index in [4.69, 9.17) is 16.3 Å². The molecule has 0 atom stereocenters. The van der Waals surface area contributed by atoms with Crippen LogP contribution in [0.25, 0.3) is 0 Å². The van der Waals surface area contributed by atoms with Crippen LogP contribution in [0.4, 0.5) is 11.4 Å². The van der Waals surface area contributed by atoms with E-state index < -0.39 is 0 Å². The van der Waals surface area contributed by atoms with Crippen LogP contribution in [0.1, 0.15) is 33.2 Å². The van der Waals surface area contributed by atoms with Gasteiger partial charge in [0.25, 0.3) is 5.91 Å². The molecule has 7 heteroatoms. The third kappa shape index (κ3) is 5.71. The predicted octanol–water partition coefficient (Wildman–Crippen LogP) is 4.98. The molecule has 0 unspecified atom stereocenters. The minimum Gasteiger partial charge on any atom is -0.496 e. The van der Waals surface area contributed by atoms with Gasteiger partial charge in [-0.3, -0.25) is 14.4 Å². The van der Waals surface area contributed by atoms with Gasteiger partial charge >= 0.3 is 0 Å². The standard InChI is InChI=1S/C24H21ClN2O4/c1-15(28)16-7-12-22(31-2)17(13-16)14-23(29)27-21-6-4-3-5-20(21)24(30)26-19-10-8-18(25)9-11-19/h3-13H,14H2,1-2H3,(H,26,30)(H,27,29). The molecule has 0 aromatic heterocycles. The summed E-state index contributed by atoms with van der Waals surface area (Å²) in [5.74, 6) is -0.303. The Kier molecular flexibility index (Phi) is 7.05. The molecular formula is C24H21ClN2O4. The first kappa shape index (κ1) is 22.1. The summed E-state index contributed by atoms with van der Waals surface area (Å²) in [6, 6.07) is 18.4. The maximum absolute atomic E-state index is 12.7. The van der Waals surface area contributed by atoms with Gasteiger partial charge in [-0.15, -0.1) is 0 Å². The smallest absolute Gasteiger partial charge is 0.257 e. The second-order valence-electron chi connectivity index (χ2n) is 6.81. The van der Waals surface area contributed by atoms with Crippen LogP contribution in [0, 0.1) is 0 Å². The van der Waals surface area contributed by atoms with Crippen LogP contribution in [0.5, 0.6) is 5.75 Å². The van der Waals surface area contributed by atoms with Gasteiger partial charge in [0, 0.05) is 21.8 Å². The molecule has 2 amide bonds. The number of ketones is 1. The second-order valence-corrected chi connectivity index (χ2v) is 7.25. The van der Waals surface area contributed by atoms with Gasteiger partial charge in [-0.05, 0) is 61.5 Å². The molecule has 0 spiro atoms. The number of carbonyl (C=O) groups is 3. The molecule has 6 nitrogen and oxygen atoms in total. The molecule has 31 heavy (non-hydrogen) atoms. The van der Waals surface area contributed by atoms with E-state index in [1.165, 1.54) is 14.0 Å². The first-order valence-electron chi connectivity index (χ1n) is 9.51. The van der Waals surface area contributed by atoms with Crippen molar-refractivity contribution in [2.75, 3.05) is 17.7 Å². The van der Waals surface area contributed by atoms with Crippen molar-refractivity contribution in [1.29, 1.82) is 0 Å². The lowest BCUT2D eigenvalue weighted by molar-refractivity contribution is -0.115. The molecule has 2 N–H and O–H groups in total. The van der Waals surface area contributed by atoms with Crippen molar-refractivity contribution >= 4 is 40.6 Å². The quantitative estimate of drug-likeness (QED) is 0.511. The number of para-hydroxylation sites is 1. The zero-order chi connectivity index (χ0) is 22.4. The van der Waals surface area contributed by atoms with E-state index in [-0.39, 0.29) is 24.0 Å². The van der Waals surface area contributed by atoms with E-state index in [1.807, 2.05) is 0 Å². The van der Waals surface area contributed by atoms with Crippen molar-refractivity contribution in [2.24, 2.45) is 0 Å². The van der Waals surface area contributed by atoms with Gasteiger partial charge in [0.1, 0.15) is 5.75 Å². The third-order valence-electron chi connectivity index (χ3n) is 4.59. The molecule has 3 aromatic rings. The number of methoxy groups -OCH3 is 1. The summed E-state index contributed by atoms with van der Waals surface area (Å²) >= 11 is 5.88. The van der Waals surface area contributed by atoms with Crippen molar-refractivity contribution in [1.82, 2.24) is 0 Å². The summed E-state index contributed by atoms with van der Waals surface area (Å²) in [6.45, 7) is 1.46. The fourth-order valence-corrected chi connectivity index (χ4v) is 3.15. The van der Waals surface area contributed by atoms with Gasteiger partial charge in [0.15, 0.2) is 5.78 Å². The molecule has 0 aliphatic carbocycles. The van der Waals surface area contributed by atoms with Crippen LogP contribution >= 0.6 is 11.6 Å². The Labute approximate surface area is 185 Å². The van der Waals surface area contributed by atoms with E-state index >= 15 is 0 Å². The van der Waals surface area contributed by atoms with E-state index in [0.29, 0.717) is 38.8 Å². The minimum absolute atomic E-state index is 0.0164. The molecule has 0 saturated heterocycles. The molecule has 0 aliphatic heterocycles. The van der Waals surface area contributed by atoms with Crippen molar-refractivity contribution in [3.8, 4) is 5.75 Å². The lowest BCUT2D eigenvalue weighted by Gasteiger charge is -2.13. The molecule has 0 radical (unpaired) electrons. The van der Waals surface area contributed by atoms with Crippen LogP contribution in [-0.4, -0.2) is 24.7 Å². The zero-order valence-corrected chi connectivity index (χ0v) is 17.8. The van der Waals surface area contributed by atoms with Crippen molar-refractivity contribution in [3.05, 3.63) is 88.4 Å². The normalized spacial score (nSPS) is 10.3. The average Bonchev–Trinajstić information content (AvgIpc) is 2.75. The third-order valence-corrected chi connectivity index (χ3v) is 4.84. The first-order valence-corrected chi connectivity index (χ1v) is 9.89. The van der Waals surface area contributed by atoms with E-state index in [2.05, 4.69) is 10.6 Å². The van der Waals surface area contributed by atoms with Gasteiger partial charge in [-0.25, -0.2) is 0 Å². The summed E-state index contributed by atoms with van der Waals surface area (Å²) in [5, 5.41) is 6.12. The van der Waals surface area contributed by atoms with Crippen molar-refractivity contribution in [2.45, 2.75) is 13.3 Å². The van der Waals surface area contributed by atoms with E-state index in [9.17, 15) is 14.4 Å². The first-order chi connectivity index (χ1) is 14.9. The number of hydrogen-bond donors (Lipinski definition) is 2. The Morgan fingerprint density at radius 1 is 0.935 bits per heavy atom. The maximum atomic E-state index is 12.7. The zero-order valence-electron chi connectivity index (χ0n) is 17.1. The SMILES string of the molecule is COc1ccc(C(C)=O)cc1CC(=O)Nc1ccccc1C(=O)Nc1ccc(Cl)cc1. The summed E-state index contributed by atoms with van der Waals surface area (Å²) < 4.78 is 5.30. The highest BCUT2D eigenvalue weighted by Gasteiger charge is 2.16. The Balaban J connectivity index is 1.77. The molecule has 0 heterocycles. The Hall–Kier alpha value is -3.64. The Bertz CT molecular complexity index is 1130. The summed E-state index contributed by atoms with van der Waals surface area (Å²) in [6.07, 6.45) is -0.0164. The Morgan fingerprint density at radius 2 is 1.65 bits per heavy atom. The van der Waals surface area contributed by atoms with Crippen molar-refractivity contribution < 1.29 is 19.1 Å². The lowest BCUT2D eigenvalue weighted by atomic mass is 10.0. The highest BCUT2D eigenvalue weighted by Crippen LogP contribution is 2.23. The van der Waals surface area contributed by atoms with E-state index in [1.54, 1.807) is 66.7 Å². The fourth-order valence-electron chi connectivity index (χ4n) is 3.02. The van der Waals surface area contributed by atoms with Crippen LogP contribution < -0.4 is 15.4 Å². The number of hydrogen-bond acceptors (Lipinski definition) is 4. The number of benzene rings is 3. The number of amides is 2. The molecule has 0 aliphatic rings. The van der Waals surface area contributed by atoms with Crippen molar-refractivity contribution in [3.63, 3.8) is 0 Å². The van der Waals surface area contributed by atoms with Gasteiger partial charge in [0.05, 0.1) is 24.8 Å². The van der Waals surface area contributed by atoms with Gasteiger partial charge in [0.2, 0.25) is 5.91 Å². The Morgan fingerprint density at radius 3 is 2.32 bits per heavy atom. The van der Waals surface area contributed by atoms with Crippen LogP contribution in [0.3, 0.4) is 0 Å². The predicted molar refractivity (Wildman–Crippen MR) is 121 cm³/mol. The summed E-state index contributed by atoms with van der Waals surface area (Å²) in [7, 11) is 1.50. The number of halogens is 1. The topological polar surface area (TPSA) is 84.5 Å². The largest absolute Gasteiger partial charge is 0.496 e. The molecule has 0 bridgehead atoms. The second kappa shape index (κ2) is 9.91. The number of rotatable bonds is 7. The molecule has 0 saturated carbocycles. The highest BCUT2D eigenvalue weighted by atomic mass is 35.5. The number of anilines is 2. The summed E-state index contributed by atoms with van der Waals surface area (Å²) in [5.41, 5.74) is 2.35. The molecule has 3 rings (SSSR count). The minimum atomic E-state index is -0.366. The molecular weight excluding hydrogens is 416 g/mol. The molecule has 3 aromatic carbocycles. The lowest BCUT2D eigenvalue weighted by Crippen LogP contribution is -2.19. The average molecular weight is 437 g/mol. The highest BCUT2D eigenvalue weighted by molar-refractivity contribution is 6.30. The number of nitrogens with one attached hydrogen (secondary N) is 2. The maximum Gasteiger partial charge on any atom is 0.257 e. The molecule has 158 valence electrons.